The summed E-state index contributed by atoms with van der Waals surface area (Å²) in [7, 11) is 0. The number of nitrogens with one attached hydrogen (secondary N) is 1. The van der Waals surface area contributed by atoms with Gasteiger partial charge in [0.2, 0.25) is 0 Å². The highest BCUT2D eigenvalue weighted by Gasteiger charge is 2.49. The third-order valence-electron chi connectivity index (χ3n) is 8.88. The van der Waals surface area contributed by atoms with E-state index in [2.05, 4.69) is 26.8 Å². The number of fused-ring (bicyclic) bond motifs is 3. The summed E-state index contributed by atoms with van der Waals surface area (Å²) in [6.45, 7) is 8.23. The summed E-state index contributed by atoms with van der Waals surface area (Å²) >= 11 is 6.50. The average Bonchev–Trinajstić information content (AvgIpc) is 3.46. The number of phenolic OH excluding ortho intramolecular Hbond substituents is 1. The Bertz CT molecular complexity index is 1790. The zero-order valence-corrected chi connectivity index (χ0v) is 24.4. The topological polar surface area (TPSA) is 73.8 Å². The number of alkyl halides is 1. The molecule has 0 saturated carbocycles. The van der Waals surface area contributed by atoms with Crippen molar-refractivity contribution in [1.82, 2.24) is 20.2 Å². The summed E-state index contributed by atoms with van der Waals surface area (Å²) in [4.78, 5) is 13.1. The lowest BCUT2D eigenvalue weighted by atomic mass is 9.95. The number of rotatable bonds is 5. The molecule has 0 aliphatic carbocycles. The summed E-state index contributed by atoms with van der Waals surface area (Å²) in [5.41, 5.74) is -0.116. The first-order valence-corrected chi connectivity index (χ1v) is 14.8. The number of hydrogen-bond acceptors (Lipinski definition) is 7. The minimum atomic E-state index is -0.933. The third-order valence-corrected chi connectivity index (χ3v) is 9.19. The summed E-state index contributed by atoms with van der Waals surface area (Å²) in [5, 5.41) is 15.1. The minimum Gasteiger partial charge on any atom is -0.508 e. The van der Waals surface area contributed by atoms with Crippen LogP contribution in [0.4, 0.5) is 19.0 Å². The molecule has 3 aliphatic rings. The summed E-state index contributed by atoms with van der Waals surface area (Å²) in [5.74, 6) is -1.62. The van der Waals surface area contributed by atoms with Gasteiger partial charge in [0.25, 0.3) is 0 Å². The first kappa shape index (κ1) is 28.0. The van der Waals surface area contributed by atoms with Gasteiger partial charge < -0.3 is 20.1 Å². The maximum absolute atomic E-state index is 16.7. The lowest BCUT2D eigenvalue weighted by molar-refractivity contribution is 0.107. The molecule has 0 spiro atoms. The molecule has 3 saturated heterocycles. The lowest BCUT2D eigenvalue weighted by Gasteiger charge is -2.35. The van der Waals surface area contributed by atoms with E-state index in [0.717, 1.165) is 25.1 Å². The predicted molar refractivity (Wildman–Crippen MR) is 162 cm³/mol. The van der Waals surface area contributed by atoms with E-state index in [1.807, 2.05) is 11.8 Å². The Morgan fingerprint density at radius 2 is 2.05 bits per heavy atom. The van der Waals surface area contributed by atoms with Crippen LogP contribution >= 0.6 is 11.6 Å². The fourth-order valence-electron chi connectivity index (χ4n) is 7.15. The molecule has 0 bridgehead atoms. The van der Waals surface area contributed by atoms with Crippen LogP contribution in [-0.2, 0) is 0 Å². The Morgan fingerprint density at radius 3 is 2.86 bits per heavy atom. The molecule has 3 atom stereocenters. The third kappa shape index (κ3) is 4.80. The molecule has 7 nitrogen and oxygen atoms in total. The van der Waals surface area contributed by atoms with E-state index in [1.54, 1.807) is 18.2 Å². The number of ether oxygens (including phenoxy) is 1. The number of piperazine rings is 1. The fraction of sp³-hybridized carbons (Fsp3) is 0.375. The zero-order chi connectivity index (χ0) is 30.0. The van der Waals surface area contributed by atoms with E-state index in [1.165, 1.54) is 18.2 Å². The number of aromatic hydroxyl groups is 1. The first-order valence-electron chi connectivity index (χ1n) is 14.4. The van der Waals surface area contributed by atoms with Crippen molar-refractivity contribution in [3.8, 4) is 22.9 Å². The second-order valence-corrected chi connectivity index (χ2v) is 12.4. The SMILES string of the molecule is C=C1CN(c2nc(OCC34CCCN3C[C@H](F)C4)nc3c(F)c(-c4cc(O)cc5cccc(Cl)c45)c(F)cc23)C[C@@H](C)N1. The summed E-state index contributed by atoms with van der Waals surface area (Å²) in [6.07, 6.45) is 1.16. The van der Waals surface area contributed by atoms with Gasteiger partial charge in [0, 0.05) is 52.6 Å². The molecule has 2 N–H and O–H groups in total. The van der Waals surface area contributed by atoms with E-state index in [4.69, 9.17) is 16.3 Å². The molecule has 4 heterocycles. The van der Waals surface area contributed by atoms with E-state index in [-0.39, 0.29) is 51.5 Å². The number of phenols is 1. The number of nitrogens with zero attached hydrogens (tertiary/aromatic N) is 4. The fourth-order valence-corrected chi connectivity index (χ4v) is 7.43. The quantitative estimate of drug-likeness (QED) is 0.273. The molecule has 1 aromatic heterocycles. The van der Waals surface area contributed by atoms with Gasteiger partial charge in [-0.1, -0.05) is 30.3 Å². The van der Waals surface area contributed by atoms with Gasteiger partial charge in [-0.15, -0.1) is 0 Å². The molecule has 3 fully saturated rings. The van der Waals surface area contributed by atoms with E-state index in [9.17, 15) is 9.50 Å². The minimum absolute atomic E-state index is 0.0105. The molecule has 0 radical (unpaired) electrons. The molecule has 4 aromatic rings. The van der Waals surface area contributed by atoms with Gasteiger partial charge in [-0.3, -0.25) is 4.90 Å². The Labute approximate surface area is 251 Å². The van der Waals surface area contributed by atoms with Crippen LogP contribution in [0.5, 0.6) is 11.8 Å². The van der Waals surface area contributed by atoms with Gasteiger partial charge in [-0.25, -0.2) is 13.2 Å². The molecular formula is C32H31ClF3N5O2. The maximum atomic E-state index is 16.7. The first-order chi connectivity index (χ1) is 20.6. The molecule has 224 valence electrons. The smallest absolute Gasteiger partial charge is 0.319 e. The van der Waals surface area contributed by atoms with Crippen LogP contribution in [0, 0.1) is 11.6 Å². The Kier molecular flexibility index (Phi) is 6.81. The van der Waals surface area contributed by atoms with Crippen LogP contribution in [0.2, 0.25) is 5.02 Å². The van der Waals surface area contributed by atoms with Gasteiger partial charge >= 0.3 is 6.01 Å². The van der Waals surface area contributed by atoms with Gasteiger partial charge in [0.1, 0.15) is 35.7 Å². The van der Waals surface area contributed by atoms with Crippen molar-refractivity contribution in [2.45, 2.75) is 43.9 Å². The highest BCUT2D eigenvalue weighted by atomic mass is 35.5. The molecule has 3 aliphatic heterocycles. The van der Waals surface area contributed by atoms with Gasteiger partial charge in [0.15, 0.2) is 5.82 Å². The van der Waals surface area contributed by atoms with Gasteiger partial charge in [-0.2, -0.15) is 9.97 Å². The van der Waals surface area contributed by atoms with Crippen LogP contribution in [0.3, 0.4) is 0 Å². The standard InChI is InChI=1S/C32H31ClF3N5O2/c1-17-13-40(14-18(2)37-17)30-23-11-25(35)27(22-10-21(42)9-19-5-3-6-24(33)26(19)22)28(36)29(23)38-31(39-30)43-16-32-7-4-8-41(32)15-20(34)12-32/h3,5-6,9-11,18,20,37,42H,1,4,7-8,12-16H2,2H3/t18-,20-,32?/m1/s1. The Balaban J connectivity index is 1.40. The van der Waals surface area contributed by atoms with Crippen LogP contribution in [0.25, 0.3) is 32.8 Å². The Hall–Kier alpha value is -3.76. The van der Waals surface area contributed by atoms with Crippen LogP contribution in [0.1, 0.15) is 26.2 Å². The van der Waals surface area contributed by atoms with Crippen LogP contribution < -0.4 is 15.0 Å². The highest BCUT2D eigenvalue weighted by Crippen LogP contribution is 2.43. The maximum Gasteiger partial charge on any atom is 0.319 e. The summed E-state index contributed by atoms with van der Waals surface area (Å²) in [6, 6.07) is 8.98. The Morgan fingerprint density at radius 1 is 1.21 bits per heavy atom. The molecule has 3 aromatic carbocycles. The van der Waals surface area contributed by atoms with Crippen molar-refractivity contribution in [2.75, 3.05) is 37.7 Å². The van der Waals surface area contributed by atoms with Crippen molar-refractivity contribution in [2.24, 2.45) is 0 Å². The molecule has 7 rings (SSSR count). The number of aromatic nitrogens is 2. The molecule has 0 amide bonds. The van der Waals surface area contributed by atoms with Crippen LogP contribution in [0.15, 0.2) is 48.7 Å². The lowest BCUT2D eigenvalue weighted by Crippen LogP contribution is -2.48. The van der Waals surface area contributed by atoms with Crippen LogP contribution in [-0.4, -0.2) is 70.5 Å². The zero-order valence-electron chi connectivity index (χ0n) is 23.6. The number of hydrogen-bond donors (Lipinski definition) is 2. The van der Waals surface area contributed by atoms with Crippen molar-refractivity contribution >= 4 is 39.1 Å². The number of benzene rings is 3. The van der Waals surface area contributed by atoms with Crippen molar-refractivity contribution in [3.05, 3.63) is 65.3 Å². The largest absolute Gasteiger partial charge is 0.508 e. The normalized spacial score (nSPS) is 24.1. The van der Waals surface area contributed by atoms with Gasteiger partial charge in [0.05, 0.1) is 17.6 Å². The van der Waals surface area contributed by atoms with E-state index in [0.29, 0.717) is 42.6 Å². The van der Waals surface area contributed by atoms with E-state index < -0.39 is 23.3 Å². The molecular weight excluding hydrogens is 579 g/mol. The van der Waals surface area contributed by atoms with Gasteiger partial charge in [-0.05, 0) is 56.0 Å². The number of halogens is 4. The second kappa shape index (κ2) is 10.4. The predicted octanol–water partition coefficient (Wildman–Crippen LogP) is 6.35. The molecule has 43 heavy (non-hydrogen) atoms. The average molecular weight is 610 g/mol. The molecule has 1 unspecified atom stereocenters. The summed E-state index contributed by atoms with van der Waals surface area (Å²) < 4.78 is 53.3. The molecule has 11 heteroatoms. The van der Waals surface area contributed by atoms with Crippen molar-refractivity contribution < 1.29 is 23.0 Å². The monoisotopic (exact) mass is 609 g/mol. The van der Waals surface area contributed by atoms with E-state index >= 15 is 8.78 Å². The second-order valence-electron chi connectivity index (χ2n) is 12.0. The van der Waals surface area contributed by atoms with Crippen molar-refractivity contribution in [1.29, 1.82) is 0 Å². The highest BCUT2D eigenvalue weighted by molar-refractivity contribution is 6.36. The van der Waals surface area contributed by atoms with Crippen molar-refractivity contribution in [3.63, 3.8) is 0 Å². The number of anilines is 1.